The highest BCUT2D eigenvalue weighted by Crippen LogP contribution is 2.26. The van der Waals surface area contributed by atoms with Crippen LogP contribution in [-0.4, -0.2) is 36.3 Å². The molecular weight excluding hydrogens is 246 g/mol. The Labute approximate surface area is 114 Å². The number of nitrogens with zero attached hydrogens (tertiary/aromatic N) is 1. The van der Waals surface area contributed by atoms with E-state index in [0.717, 1.165) is 23.7 Å². The summed E-state index contributed by atoms with van der Waals surface area (Å²) in [5.41, 5.74) is 0. The topological polar surface area (TPSA) is 29.5 Å². The Hall–Kier alpha value is -1.16. The van der Waals surface area contributed by atoms with Gasteiger partial charge in [0.15, 0.2) is 0 Å². The number of methoxy groups -OCH3 is 1. The molecule has 0 aliphatic heterocycles. The first-order chi connectivity index (χ1) is 8.62. The van der Waals surface area contributed by atoms with Gasteiger partial charge in [-0.2, -0.15) is 0 Å². The number of carbonyl (C=O) groups is 1. The predicted octanol–water partition coefficient (Wildman–Crippen LogP) is 3.04. The van der Waals surface area contributed by atoms with Crippen LogP contribution in [-0.2, 0) is 4.79 Å². The average molecular weight is 267 g/mol. The number of amides is 1. The molecule has 100 valence electrons. The van der Waals surface area contributed by atoms with E-state index < -0.39 is 0 Å². The normalized spacial score (nSPS) is 12.0. The van der Waals surface area contributed by atoms with Crippen molar-refractivity contribution < 1.29 is 9.53 Å². The van der Waals surface area contributed by atoms with E-state index >= 15 is 0 Å². The fourth-order valence-electron chi connectivity index (χ4n) is 1.70. The molecule has 1 atom stereocenters. The number of carbonyl (C=O) groups excluding carboxylic acids is 1. The maximum absolute atomic E-state index is 12.1. The Morgan fingerprint density at radius 2 is 1.83 bits per heavy atom. The molecule has 0 radical (unpaired) electrons. The molecule has 0 spiro atoms. The molecule has 1 aromatic rings. The summed E-state index contributed by atoms with van der Waals surface area (Å²) in [6, 6.07) is 7.79. The van der Waals surface area contributed by atoms with Gasteiger partial charge in [-0.25, -0.2) is 0 Å². The molecule has 0 heterocycles. The van der Waals surface area contributed by atoms with Gasteiger partial charge in [-0.15, -0.1) is 11.8 Å². The summed E-state index contributed by atoms with van der Waals surface area (Å²) in [6.07, 6.45) is 0. The lowest BCUT2D eigenvalue weighted by Crippen LogP contribution is -2.36. The Bertz CT molecular complexity index is 374. The second-order valence-corrected chi connectivity index (χ2v) is 5.36. The first-order valence-corrected chi connectivity index (χ1v) is 7.09. The van der Waals surface area contributed by atoms with E-state index in [1.807, 2.05) is 49.9 Å². The first-order valence-electron chi connectivity index (χ1n) is 6.21. The molecule has 1 rings (SSSR count). The minimum Gasteiger partial charge on any atom is -0.497 e. The van der Waals surface area contributed by atoms with Gasteiger partial charge in [-0.1, -0.05) is 0 Å². The molecule has 0 aliphatic carbocycles. The van der Waals surface area contributed by atoms with Crippen molar-refractivity contribution in [2.24, 2.45) is 0 Å². The summed E-state index contributed by atoms with van der Waals surface area (Å²) in [7, 11) is 1.65. The van der Waals surface area contributed by atoms with Gasteiger partial charge in [0.1, 0.15) is 5.75 Å². The SMILES string of the molecule is CCN(CC)C(=O)[C@@H](C)Sc1ccc(OC)cc1. The zero-order valence-corrected chi connectivity index (χ0v) is 12.3. The van der Waals surface area contributed by atoms with Crippen LogP contribution in [0, 0.1) is 0 Å². The Morgan fingerprint density at radius 1 is 1.28 bits per heavy atom. The van der Waals surface area contributed by atoms with Crippen molar-refractivity contribution in [2.45, 2.75) is 30.9 Å². The van der Waals surface area contributed by atoms with Crippen molar-refractivity contribution in [3.63, 3.8) is 0 Å². The predicted molar refractivity (Wildman–Crippen MR) is 76.2 cm³/mol. The summed E-state index contributed by atoms with van der Waals surface area (Å²) in [5.74, 6) is 1.03. The molecular formula is C14H21NO2S. The Balaban J connectivity index is 2.62. The quantitative estimate of drug-likeness (QED) is 0.742. The molecule has 0 aliphatic rings. The highest BCUT2D eigenvalue weighted by molar-refractivity contribution is 8.00. The van der Waals surface area contributed by atoms with Crippen molar-refractivity contribution in [3.8, 4) is 5.75 Å². The molecule has 4 heteroatoms. The van der Waals surface area contributed by atoms with Crippen molar-refractivity contribution in [3.05, 3.63) is 24.3 Å². The second kappa shape index (κ2) is 7.31. The second-order valence-electron chi connectivity index (χ2n) is 3.95. The molecule has 0 unspecified atom stereocenters. The zero-order valence-electron chi connectivity index (χ0n) is 11.5. The van der Waals surface area contributed by atoms with Crippen molar-refractivity contribution in [1.82, 2.24) is 4.90 Å². The van der Waals surface area contributed by atoms with Gasteiger partial charge in [0, 0.05) is 18.0 Å². The van der Waals surface area contributed by atoms with E-state index in [1.54, 1.807) is 18.9 Å². The van der Waals surface area contributed by atoms with Crippen LogP contribution in [0.5, 0.6) is 5.75 Å². The largest absolute Gasteiger partial charge is 0.497 e. The standard InChI is InChI=1S/C14H21NO2S/c1-5-15(6-2)14(16)11(3)18-13-9-7-12(17-4)8-10-13/h7-11H,5-6H2,1-4H3/t11-/m1/s1. The Kier molecular flexibility index (Phi) is 6.05. The molecule has 1 amide bonds. The summed E-state index contributed by atoms with van der Waals surface area (Å²) in [5, 5.41) is -0.0571. The van der Waals surface area contributed by atoms with Crippen LogP contribution >= 0.6 is 11.8 Å². The van der Waals surface area contributed by atoms with Crippen LogP contribution in [0.4, 0.5) is 0 Å². The van der Waals surface area contributed by atoms with Gasteiger partial charge in [0.2, 0.25) is 5.91 Å². The fraction of sp³-hybridized carbons (Fsp3) is 0.500. The minimum absolute atomic E-state index is 0.0571. The molecule has 0 saturated heterocycles. The van der Waals surface area contributed by atoms with Crippen molar-refractivity contribution in [1.29, 1.82) is 0 Å². The maximum atomic E-state index is 12.1. The third-order valence-corrected chi connectivity index (χ3v) is 3.89. The number of rotatable bonds is 6. The van der Waals surface area contributed by atoms with Gasteiger partial charge in [0.05, 0.1) is 12.4 Å². The van der Waals surface area contributed by atoms with Gasteiger partial charge < -0.3 is 9.64 Å². The minimum atomic E-state index is -0.0571. The summed E-state index contributed by atoms with van der Waals surface area (Å²) in [6.45, 7) is 7.50. The molecule has 0 aromatic heterocycles. The van der Waals surface area contributed by atoms with E-state index in [2.05, 4.69) is 0 Å². The highest BCUT2D eigenvalue weighted by Gasteiger charge is 2.18. The molecule has 1 aromatic carbocycles. The smallest absolute Gasteiger partial charge is 0.235 e. The molecule has 0 bridgehead atoms. The molecule has 0 N–H and O–H groups in total. The maximum Gasteiger partial charge on any atom is 0.235 e. The Morgan fingerprint density at radius 3 is 2.28 bits per heavy atom. The lowest BCUT2D eigenvalue weighted by molar-refractivity contribution is -0.129. The number of ether oxygens (including phenoxy) is 1. The van der Waals surface area contributed by atoms with Crippen molar-refractivity contribution >= 4 is 17.7 Å². The zero-order chi connectivity index (χ0) is 13.5. The van der Waals surface area contributed by atoms with E-state index in [9.17, 15) is 4.79 Å². The van der Waals surface area contributed by atoms with E-state index in [4.69, 9.17) is 4.74 Å². The van der Waals surface area contributed by atoms with Gasteiger partial charge >= 0.3 is 0 Å². The number of benzene rings is 1. The summed E-state index contributed by atoms with van der Waals surface area (Å²) >= 11 is 1.58. The van der Waals surface area contributed by atoms with Gasteiger partial charge in [0.25, 0.3) is 0 Å². The van der Waals surface area contributed by atoms with Crippen LogP contribution in [0.15, 0.2) is 29.2 Å². The van der Waals surface area contributed by atoms with Crippen LogP contribution < -0.4 is 4.74 Å². The van der Waals surface area contributed by atoms with Crippen LogP contribution in [0.25, 0.3) is 0 Å². The molecule has 0 fully saturated rings. The summed E-state index contributed by atoms with van der Waals surface area (Å²) in [4.78, 5) is 15.1. The summed E-state index contributed by atoms with van der Waals surface area (Å²) < 4.78 is 5.11. The third-order valence-electron chi connectivity index (χ3n) is 2.80. The van der Waals surface area contributed by atoms with Gasteiger partial charge in [-0.3, -0.25) is 4.79 Å². The lowest BCUT2D eigenvalue weighted by atomic mass is 10.3. The first kappa shape index (κ1) is 14.9. The van der Waals surface area contributed by atoms with Crippen LogP contribution in [0.1, 0.15) is 20.8 Å². The number of hydrogen-bond acceptors (Lipinski definition) is 3. The van der Waals surface area contributed by atoms with E-state index in [0.29, 0.717) is 0 Å². The highest BCUT2D eigenvalue weighted by atomic mass is 32.2. The monoisotopic (exact) mass is 267 g/mol. The van der Waals surface area contributed by atoms with E-state index in [1.165, 1.54) is 0 Å². The van der Waals surface area contributed by atoms with E-state index in [-0.39, 0.29) is 11.2 Å². The van der Waals surface area contributed by atoms with Gasteiger partial charge in [-0.05, 0) is 45.0 Å². The van der Waals surface area contributed by atoms with Crippen molar-refractivity contribution in [2.75, 3.05) is 20.2 Å². The van der Waals surface area contributed by atoms with Crippen LogP contribution in [0.3, 0.4) is 0 Å². The molecule has 0 saturated carbocycles. The number of hydrogen-bond donors (Lipinski definition) is 0. The lowest BCUT2D eigenvalue weighted by Gasteiger charge is -2.22. The van der Waals surface area contributed by atoms with Crippen LogP contribution in [0.2, 0.25) is 0 Å². The average Bonchev–Trinajstić information content (AvgIpc) is 2.40. The third kappa shape index (κ3) is 3.95. The number of thioether (sulfide) groups is 1. The fourth-order valence-corrected chi connectivity index (χ4v) is 2.65. The molecule has 18 heavy (non-hydrogen) atoms. The molecule has 3 nitrogen and oxygen atoms in total.